The molecule has 0 saturated heterocycles. The lowest BCUT2D eigenvalue weighted by Gasteiger charge is -2.22. The Morgan fingerprint density at radius 3 is 1.03 bits per heavy atom. The molecule has 0 fully saturated rings. The van der Waals surface area contributed by atoms with Crippen LogP contribution in [0.2, 0.25) is 0 Å². The van der Waals surface area contributed by atoms with E-state index in [9.17, 15) is 5.02 Å². The molecule has 0 aromatic heterocycles. The molecule has 16 aromatic carbocycles. The Bertz CT molecular complexity index is 5480. The van der Waals surface area contributed by atoms with E-state index in [0.29, 0.717) is 5.75 Å². The molecule has 2 nitrogen and oxygen atoms in total. The Labute approximate surface area is 533 Å². The molecule has 0 amide bonds. The summed E-state index contributed by atoms with van der Waals surface area (Å²) in [4.78, 5) is 0. The molecule has 0 spiro atoms. The fraction of sp³-hybridized carbons (Fsp3) is 0.0698. The van der Waals surface area contributed by atoms with E-state index in [1.165, 1.54) is 143 Å². The molecule has 18 rings (SSSR count). The zero-order valence-corrected chi connectivity index (χ0v) is 52.1. The first-order valence-corrected chi connectivity index (χ1v) is 31.8. The molecule has 2 aliphatic rings. The van der Waals surface area contributed by atoms with Gasteiger partial charge in [-0.05, 0) is 171 Å². The van der Waals surface area contributed by atoms with Crippen molar-refractivity contribution in [1.29, 1.82) is 0 Å². The van der Waals surface area contributed by atoms with Crippen LogP contribution in [0.25, 0.3) is 142 Å². The van der Waals surface area contributed by atoms with Gasteiger partial charge in [0.15, 0.2) is 0 Å². The van der Waals surface area contributed by atoms with Gasteiger partial charge in [-0.1, -0.05) is 317 Å². The summed E-state index contributed by atoms with van der Waals surface area (Å²) < 4.78 is 6.69. The predicted octanol–water partition coefficient (Wildman–Crippen LogP) is 23.6. The molecule has 0 bridgehead atoms. The van der Waals surface area contributed by atoms with Crippen molar-refractivity contribution in [3.05, 3.63) is 318 Å². The molecule has 1 N–H and O–H groups in total. The fourth-order valence-electron chi connectivity index (χ4n) is 15.3. The van der Waals surface area contributed by atoms with E-state index in [-0.39, 0.29) is 10.8 Å². The van der Waals surface area contributed by atoms with Crippen molar-refractivity contribution in [2.75, 3.05) is 0 Å². The van der Waals surface area contributed by atoms with Crippen molar-refractivity contribution < 1.29 is 9.68 Å². The van der Waals surface area contributed by atoms with E-state index in [1.807, 2.05) is 36.4 Å². The van der Waals surface area contributed by atoms with Gasteiger partial charge >= 0.3 is 7.69 Å². The lowest BCUT2D eigenvalue weighted by atomic mass is 9.81. The van der Waals surface area contributed by atoms with Gasteiger partial charge < -0.3 is 9.68 Å². The van der Waals surface area contributed by atoms with Crippen molar-refractivity contribution in [3.8, 4) is 61.4 Å². The molecule has 90 heavy (non-hydrogen) atoms. The summed E-state index contributed by atoms with van der Waals surface area (Å²) in [5.74, 6) is 0.674. The Balaban J connectivity index is 0.000000118. The minimum Gasteiger partial charge on any atom is -0.537 e. The standard InChI is InChI=1S/C43H30.C24H16BO2.C19H15Br/c1-43(2)38-24-23-29(26-37(38)42-31-16-6-4-13-28(31)22-25-39(42)43)40-33-17-7-9-19-35(33)41(36-20-10-8-18-34(36)40)32-21-11-14-27-12-3-5-15-30(27)32;26-25-27-24-21-13-5-3-11-19(21)23(20-12-4-6-14-22(20)24)18-15-7-9-16-8-1-2-10-17(16)18;1-19(2)16-10-8-13(20)11-15(16)18-14-6-4-3-5-12(14)7-9-17(18)19/h3-26H,1-2H3;1-15,26H;3-11H,1-2H3. The van der Waals surface area contributed by atoms with E-state index in [1.54, 1.807) is 0 Å². The number of rotatable bonds is 5. The number of halogens is 1. The maximum atomic E-state index is 9.32. The van der Waals surface area contributed by atoms with Crippen LogP contribution in [0.1, 0.15) is 49.9 Å². The average molecular weight is 1220 g/mol. The van der Waals surface area contributed by atoms with Gasteiger partial charge in [0.1, 0.15) is 5.75 Å². The maximum absolute atomic E-state index is 9.32. The fourth-order valence-corrected chi connectivity index (χ4v) is 15.7. The summed E-state index contributed by atoms with van der Waals surface area (Å²) in [6.45, 7) is 9.38. The first kappa shape index (κ1) is 55.2. The normalized spacial score (nSPS) is 13.2. The third kappa shape index (κ3) is 8.79. The number of fused-ring (bicyclic) bond motifs is 16. The minimum absolute atomic E-state index is 0.0460. The molecule has 16 aromatic rings. The first-order valence-electron chi connectivity index (χ1n) is 31.0. The van der Waals surface area contributed by atoms with Crippen molar-refractivity contribution in [1.82, 2.24) is 0 Å². The lowest BCUT2D eigenvalue weighted by Crippen LogP contribution is -2.14. The number of hydrogen-bond donors (Lipinski definition) is 1. The summed E-state index contributed by atoms with van der Waals surface area (Å²) in [6.07, 6.45) is 0. The molecular formula is C86H61BBrO2. The number of benzene rings is 16. The summed E-state index contributed by atoms with van der Waals surface area (Å²) in [7, 11) is 0.756. The second kappa shape index (κ2) is 21.9. The molecular weight excluding hydrogens is 1160 g/mol. The zero-order valence-electron chi connectivity index (χ0n) is 50.5. The summed E-state index contributed by atoms with van der Waals surface area (Å²) in [5, 5.41) is 28.9. The van der Waals surface area contributed by atoms with Crippen LogP contribution in [0, 0.1) is 0 Å². The van der Waals surface area contributed by atoms with Gasteiger partial charge in [0, 0.05) is 26.1 Å². The molecule has 0 saturated carbocycles. The van der Waals surface area contributed by atoms with Gasteiger partial charge in [0.25, 0.3) is 0 Å². The van der Waals surface area contributed by atoms with Crippen LogP contribution < -0.4 is 4.65 Å². The SMILES string of the molecule is CC1(C)c2ccc(-c3c4ccccc4c(-c4cccc5ccccc45)c4ccccc34)cc2-c2c1ccc1ccccc21.CC1(C)c2ccc(Br)cc2-c2c1ccc1ccccc21.O[B]Oc1c2ccccc2c(-c2cccc3ccccc23)c2ccccc12. The summed E-state index contributed by atoms with van der Waals surface area (Å²) in [5.41, 5.74) is 18.8. The highest BCUT2D eigenvalue weighted by atomic mass is 79.9. The Morgan fingerprint density at radius 1 is 0.278 bits per heavy atom. The van der Waals surface area contributed by atoms with Crippen LogP contribution in [-0.2, 0) is 10.8 Å². The minimum atomic E-state index is -0.0460. The average Bonchev–Trinajstić information content (AvgIpc) is 1.35. The molecule has 0 unspecified atom stereocenters. The third-order valence-electron chi connectivity index (χ3n) is 19.5. The molecule has 0 aliphatic heterocycles. The summed E-state index contributed by atoms with van der Waals surface area (Å²) in [6, 6.07) is 105. The molecule has 0 heterocycles. The second-order valence-corrected chi connectivity index (χ2v) is 25.9. The Hall–Kier alpha value is -10.1. The third-order valence-corrected chi connectivity index (χ3v) is 20.0. The zero-order chi connectivity index (χ0) is 60.8. The van der Waals surface area contributed by atoms with E-state index in [4.69, 9.17) is 4.65 Å². The topological polar surface area (TPSA) is 29.5 Å². The first-order chi connectivity index (χ1) is 44.1. The lowest BCUT2D eigenvalue weighted by molar-refractivity contribution is 0.459. The van der Waals surface area contributed by atoms with Gasteiger partial charge in [-0.15, -0.1) is 0 Å². The van der Waals surface area contributed by atoms with Crippen LogP contribution in [0.3, 0.4) is 0 Å². The molecule has 2 aliphatic carbocycles. The smallest absolute Gasteiger partial charge is 0.537 e. The van der Waals surface area contributed by atoms with E-state index in [2.05, 4.69) is 298 Å². The molecule has 427 valence electrons. The van der Waals surface area contributed by atoms with Crippen LogP contribution in [0.15, 0.2) is 296 Å². The second-order valence-electron chi connectivity index (χ2n) is 25.0. The van der Waals surface area contributed by atoms with Gasteiger partial charge in [-0.3, -0.25) is 0 Å². The van der Waals surface area contributed by atoms with Crippen LogP contribution >= 0.6 is 15.9 Å². The van der Waals surface area contributed by atoms with Crippen molar-refractivity contribution in [2.45, 2.75) is 38.5 Å². The Kier molecular flexibility index (Phi) is 13.4. The van der Waals surface area contributed by atoms with Crippen molar-refractivity contribution in [2.24, 2.45) is 0 Å². The molecule has 0 atom stereocenters. The van der Waals surface area contributed by atoms with E-state index >= 15 is 0 Å². The van der Waals surface area contributed by atoms with Gasteiger partial charge in [-0.25, -0.2) is 0 Å². The van der Waals surface area contributed by atoms with Crippen molar-refractivity contribution >= 4 is 110 Å². The van der Waals surface area contributed by atoms with Gasteiger partial charge in [-0.2, -0.15) is 0 Å². The van der Waals surface area contributed by atoms with E-state index < -0.39 is 0 Å². The predicted molar refractivity (Wildman–Crippen MR) is 387 cm³/mol. The monoisotopic (exact) mass is 1220 g/mol. The van der Waals surface area contributed by atoms with Crippen molar-refractivity contribution in [3.63, 3.8) is 0 Å². The van der Waals surface area contributed by atoms with Crippen LogP contribution in [0.4, 0.5) is 0 Å². The summed E-state index contributed by atoms with van der Waals surface area (Å²) >= 11 is 3.62. The van der Waals surface area contributed by atoms with Gasteiger partial charge in [0.2, 0.25) is 0 Å². The number of hydrogen-bond acceptors (Lipinski definition) is 2. The van der Waals surface area contributed by atoms with Crippen LogP contribution in [0.5, 0.6) is 5.75 Å². The van der Waals surface area contributed by atoms with E-state index in [0.717, 1.165) is 33.7 Å². The molecule has 4 heteroatoms. The van der Waals surface area contributed by atoms with Gasteiger partial charge in [0.05, 0.1) is 0 Å². The quantitative estimate of drug-likeness (QED) is 0.137. The highest BCUT2D eigenvalue weighted by Crippen LogP contribution is 2.55. The molecule has 1 radical (unpaired) electrons. The Morgan fingerprint density at radius 2 is 0.600 bits per heavy atom. The highest BCUT2D eigenvalue weighted by molar-refractivity contribution is 9.10. The van der Waals surface area contributed by atoms with Crippen LogP contribution in [-0.4, -0.2) is 12.7 Å². The largest absolute Gasteiger partial charge is 0.569 e. The maximum Gasteiger partial charge on any atom is 0.569 e. The highest BCUT2D eigenvalue weighted by Gasteiger charge is 2.38.